The van der Waals surface area contributed by atoms with E-state index in [0.717, 1.165) is 0 Å². The zero-order valence-corrected chi connectivity index (χ0v) is 14.2. The molecule has 0 aromatic carbocycles. The monoisotopic (exact) mass is 408 g/mol. The van der Waals surface area contributed by atoms with Gasteiger partial charge in [0.1, 0.15) is 36.6 Å². The average molecular weight is 408 g/mol. The van der Waals surface area contributed by atoms with E-state index in [1.807, 2.05) is 0 Å². The number of hydrogen-bond donors (Lipinski definition) is 12. The number of phosphoric ester groups is 2. The van der Waals surface area contributed by atoms with Crippen LogP contribution in [0.1, 0.15) is 0 Å². The van der Waals surface area contributed by atoms with Gasteiger partial charge < -0.3 is 64.6 Å². The van der Waals surface area contributed by atoms with Crippen LogP contribution in [0.3, 0.4) is 0 Å². The summed E-state index contributed by atoms with van der Waals surface area (Å²) in [6.45, 7) is 0. The van der Waals surface area contributed by atoms with Gasteiger partial charge in [0.05, 0.1) is 0 Å². The molecule has 0 radical (unpaired) electrons. The normalized spacial score (nSPS) is 33.2. The zero-order valence-electron chi connectivity index (χ0n) is 12.4. The Morgan fingerprint density at radius 2 is 0.792 bits per heavy atom. The van der Waals surface area contributed by atoms with Crippen molar-refractivity contribution in [2.45, 2.75) is 36.6 Å². The summed E-state index contributed by atoms with van der Waals surface area (Å²) in [6.07, 6.45) is -12.8. The molecule has 18 heteroatoms. The lowest BCUT2D eigenvalue weighted by atomic mass is 9.85. The minimum Gasteiger partial charge on any atom is -0.387 e. The van der Waals surface area contributed by atoms with Crippen molar-refractivity contribution in [3.05, 3.63) is 0 Å². The number of hydrogen-bond acceptors (Lipinski definition) is 12. The van der Waals surface area contributed by atoms with Gasteiger partial charge in [0, 0.05) is 0 Å². The Hall–Kier alpha value is -0.100. The van der Waals surface area contributed by atoms with E-state index >= 15 is 0 Å². The minimum absolute atomic E-state index is 0. The van der Waals surface area contributed by atoms with Gasteiger partial charge in [-0.15, -0.1) is 0 Å². The topological polar surface area (TPSA) is 354 Å². The van der Waals surface area contributed by atoms with E-state index in [1.54, 1.807) is 0 Å². The third kappa shape index (κ3) is 8.32. The lowest BCUT2D eigenvalue weighted by Gasteiger charge is -2.42. The second kappa shape index (κ2) is 10.8. The molecule has 0 spiro atoms. The molecule has 1 saturated carbocycles. The molecule has 2 unspecified atom stereocenters. The van der Waals surface area contributed by atoms with Gasteiger partial charge in [-0.1, -0.05) is 0 Å². The summed E-state index contributed by atoms with van der Waals surface area (Å²) in [5, 5.41) is 38.0. The summed E-state index contributed by atoms with van der Waals surface area (Å²) in [6, 6.07) is 0. The first-order chi connectivity index (χ1) is 8.83. The number of rotatable bonds is 4. The molecule has 0 saturated heterocycles. The molecule has 1 aliphatic carbocycles. The Morgan fingerprint density at radius 3 is 1.00 bits per heavy atom. The SMILES string of the molecule is N.N.N.N.O=P(O)(O)O[C@@H]1C(O)[C@@H](OP(=O)(O)O)[C@@H](O)C(O)[C@H]1O. The van der Waals surface area contributed by atoms with Gasteiger partial charge in [-0.05, 0) is 0 Å². The Balaban J connectivity index is -0.000000500. The van der Waals surface area contributed by atoms with Crippen LogP contribution in [0.15, 0.2) is 0 Å². The molecule has 1 fully saturated rings. The highest BCUT2D eigenvalue weighted by molar-refractivity contribution is 7.46. The molecule has 16 nitrogen and oxygen atoms in total. The Morgan fingerprint density at radius 1 is 0.542 bits per heavy atom. The maximum Gasteiger partial charge on any atom is 0.470 e. The molecule has 24 heavy (non-hydrogen) atoms. The number of aliphatic hydroxyl groups is 4. The maximum atomic E-state index is 10.7. The predicted octanol–water partition coefficient (Wildman–Crippen LogP) is -2.95. The fourth-order valence-electron chi connectivity index (χ4n) is 1.75. The van der Waals surface area contributed by atoms with Crippen molar-refractivity contribution >= 4 is 15.6 Å². The molecule has 0 aromatic heterocycles. The van der Waals surface area contributed by atoms with E-state index in [2.05, 4.69) is 9.05 Å². The molecule has 0 aromatic rings. The number of phosphoric acid groups is 2. The van der Waals surface area contributed by atoms with E-state index in [4.69, 9.17) is 19.6 Å². The van der Waals surface area contributed by atoms with Crippen LogP contribution < -0.4 is 24.6 Å². The van der Waals surface area contributed by atoms with Crippen LogP contribution in [0.25, 0.3) is 0 Å². The van der Waals surface area contributed by atoms with Gasteiger partial charge in [-0.25, -0.2) is 9.13 Å². The summed E-state index contributed by atoms with van der Waals surface area (Å²) < 4.78 is 29.4. The summed E-state index contributed by atoms with van der Waals surface area (Å²) in [4.78, 5) is 34.4. The third-order valence-electron chi connectivity index (χ3n) is 2.56. The molecule has 1 aliphatic rings. The largest absolute Gasteiger partial charge is 0.470 e. The third-order valence-corrected chi connectivity index (χ3v) is 3.60. The van der Waals surface area contributed by atoms with Crippen LogP contribution in [0, 0.1) is 0 Å². The predicted molar refractivity (Wildman–Crippen MR) is 77.9 cm³/mol. The Kier molecular flexibility index (Phi) is 14.2. The van der Waals surface area contributed by atoms with Crippen LogP contribution in [0.5, 0.6) is 0 Å². The van der Waals surface area contributed by atoms with Gasteiger partial charge in [0.2, 0.25) is 0 Å². The quantitative estimate of drug-likeness (QED) is 0.207. The van der Waals surface area contributed by atoms with E-state index in [-0.39, 0.29) is 24.6 Å². The van der Waals surface area contributed by atoms with Crippen molar-refractivity contribution in [1.29, 1.82) is 0 Å². The highest BCUT2D eigenvalue weighted by atomic mass is 31.2. The van der Waals surface area contributed by atoms with E-state index in [1.165, 1.54) is 0 Å². The molecule has 20 N–H and O–H groups in total. The van der Waals surface area contributed by atoms with E-state index < -0.39 is 52.3 Å². The Bertz CT molecular complexity index is 405. The van der Waals surface area contributed by atoms with Crippen molar-refractivity contribution in [1.82, 2.24) is 24.6 Å². The fourth-order valence-corrected chi connectivity index (χ4v) is 2.88. The van der Waals surface area contributed by atoms with Crippen LogP contribution in [-0.2, 0) is 18.2 Å². The first-order valence-corrected chi connectivity index (χ1v) is 8.10. The molecule has 6 atom stereocenters. The fraction of sp³-hybridized carbons (Fsp3) is 1.00. The highest BCUT2D eigenvalue weighted by Gasteiger charge is 2.53. The first-order valence-electron chi connectivity index (χ1n) is 5.03. The molecular formula is C6H26N4O12P2. The van der Waals surface area contributed by atoms with Gasteiger partial charge in [0.25, 0.3) is 0 Å². The average Bonchev–Trinajstić information content (AvgIpc) is 2.25. The van der Waals surface area contributed by atoms with Gasteiger partial charge in [-0.2, -0.15) is 0 Å². The van der Waals surface area contributed by atoms with E-state index in [0.29, 0.717) is 0 Å². The van der Waals surface area contributed by atoms with Crippen LogP contribution in [-0.4, -0.2) is 76.6 Å². The molecule has 0 bridgehead atoms. The summed E-state index contributed by atoms with van der Waals surface area (Å²) in [7, 11) is -10.4. The van der Waals surface area contributed by atoms with Crippen LogP contribution in [0.4, 0.5) is 0 Å². The second-order valence-corrected chi connectivity index (χ2v) is 6.47. The van der Waals surface area contributed by atoms with Crippen molar-refractivity contribution in [2.75, 3.05) is 0 Å². The summed E-state index contributed by atoms with van der Waals surface area (Å²) >= 11 is 0. The lowest BCUT2D eigenvalue weighted by Crippen LogP contribution is -2.64. The minimum atomic E-state index is -5.20. The molecule has 152 valence electrons. The van der Waals surface area contributed by atoms with Crippen molar-refractivity contribution < 1.29 is 58.2 Å². The summed E-state index contributed by atoms with van der Waals surface area (Å²) in [5.74, 6) is 0. The molecule has 1 rings (SSSR count). The zero-order chi connectivity index (χ0) is 15.9. The maximum absolute atomic E-state index is 10.7. The standard InChI is InChI=1S/C6H14O12P2.4H3N/c7-1-2(8)5(17-19(11,12)13)4(10)6(3(1)9)18-20(14,15)16;;;;/h1-10H,(H2,11,12,13)(H2,14,15,16);4*1H3/t1?,2-,3+,4?,5-,6-;;;;/m0..../s1. The highest BCUT2D eigenvalue weighted by Crippen LogP contribution is 2.45. The Labute approximate surface area is 136 Å². The van der Waals surface area contributed by atoms with Gasteiger partial charge in [0.15, 0.2) is 0 Å². The van der Waals surface area contributed by atoms with Gasteiger partial charge >= 0.3 is 15.6 Å². The molecule has 0 amide bonds. The molecule has 0 heterocycles. The van der Waals surface area contributed by atoms with Crippen LogP contribution >= 0.6 is 15.6 Å². The van der Waals surface area contributed by atoms with Gasteiger partial charge in [-0.3, -0.25) is 9.05 Å². The van der Waals surface area contributed by atoms with E-state index in [9.17, 15) is 29.6 Å². The molecular weight excluding hydrogens is 382 g/mol. The number of aliphatic hydroxyl groups excluding tert-OH is 4. The van der Waals surface area contributed by atoms with Crippen molar-refractivity contribution in [3.63, 3.8) is 0 Å². The van der Waals surface area contributed by atoms with Crippen molar-refractivity contribution in [3.8, 4) is 0 Å². The summed E-state index contributed by atoms with van der Waals surface area (Å²) in [5.41, 5.74) is 0. The lowest BCUT2D eigenvalue weighted by molar-refractivity contribution is -0.215. The molecule has 0 aliphatic heterocycles. The first kappa shape index (κ1) is 31.6. The smallest absolute Gasteiger partial charge is 0.387 e. The second-order valence-electron chi connectivity index (χ2n) is 4.08. The van der Waals surface area contributed by atoms with Crippen LogP contribution in [0.2, 0.25) is 0 Å². The van der Waals surface area contributed by atoms with Crippen molar-refractivity contribution in [2.24, 2.45) is 0 Å².